The minimum atomic E-state index is 0.660. The third-order valence-electron chi connectivity index (χ3n) is 8.19. The lowest BCUT2D eigenvalue weighted by Gasteiger charge is -2.11. The highest BCUT2D eigenvalue weighted by Gasteiger charge is 2.16. The number of hydrogen-bond donors (Lipinski definition) is 0. The van der Waals surface area contributed by atoms with E-state index in [1.807, 2.05) is 36.4 Å². The first-order valence-electron chi connectivity index (χ1n) is 13.8. The highest BCUT2D eigenvalue weighted by atomic mass is 15.0. The molecule has 0 atom stereocenters. The van der Waals surface area contributed by atoms with Crippen LogP contribution in [-0.4, -0.2) is 9.13 Å². The molecule has 0 aliphatic rings. The van der Waals surface area contributed by atoms with E-state index in [1.54, 1.807) is 0 Å². The molecule has 0 bridgehead atoms. The lowest BCUT2D eigenvalue weighted by molar-refractivity contribution is 1.16. The number of nitriles is 2. The summed E-state index contributed by atoms with van der Waals surface area (Å²) >= 11 is 0. The summed E-state index contributed by atoms with van der Waals surface area (Å²) in [5, 5.41) is 23.2. The molecule has 0 saturated carbocycles. The van der Waals surface area contributed by atoms with E-state index in [9.17, 15) is 5.26 Å². The van der Waals surface area contributed by atoms with Crippen LogP contribution in [0.25, 0.3) is 66.1 Å². The standard InChI is InChI=1S/C38H22N4/c39-23-25-9-12-27(13-10-25)28-14-16-29(17-15-28)41-35-7-3-2-6-32(35)34-22-30(18-20-38(34)41)42-36-8-4-1-5-31(36)33-21-26(24-40)11-19-37(33)42/h1-22H. The lowest BCUT2D eigenvalue weighted by atomic mass is 10.0. The summed E-state index contributed by atoms with van der Waals surface area (Å²) in [6.07, 6.45) is 0. The summed E-state index contributed by atoms with van der Waals surface area (Å²) in [5.41, 5.74) is 10.2. The Labute approximate surface area is 242 Å². The molecule has 6 aromatic carbocycles. The van der Waals surface area contributed by atoms with Gasteiger partial charge in [-0.3, -0.25) is 0 Å². The first kappa shape index (κ1) is 23.8. The second kappa shape index (κ2) is 9.24. The van der Waals surface area contributed by atoms with Gasteiger partial charge in [-0.05, 0) is 83.9 Å². The van der Waals surface area contributed by atoms with Gasteiger partial charge in [-0.25, -0.2) is 0 Å². The molecule has 0 aliphatic carbocycles. The summed E-state index contributed by atoms with van der Waals surface area (Å²) < 4.78 is 4.62. The van der Waals surface area contributed by atoms with Crippen LogP contribution < -0.4 is 0 Å². The van der Waals surface area contributed by atoms with Crippen LogP contribution in [0.4, 0.5) is 0 Å². The molecule has 0 aliphatic heterocycles. The number of benzene rings is 6. The molecule has 4 heteroatoms. The van der Waals surface area contributed by atoms with Crippen molar-refractivity contribution in [3.8, 4) is 34.6 Å². The molecule has 194 valence electrons. The summed E-state index contributed by atoms with van der Waals surface area (Å²) in [5.74, 6) is 0. The maximum Gasteiger partial charge on any atom is 0.0991 e. The second-order valence-electron chi connectivity index (χ2n) is 10.5. The fourth-order valence-electron chi connectivity index (χ4n) is 6.24. The van der Waals surface area contributed by atoms with E-state index in [1.165, 1.54) is 10.8 Å². The van der Waals surface area contributed by atoms with Crippen molar-refractivity contribution in [2.75, 3.05) is 0 Å². The van der Waals surface area contributed by atoms with Crippen LogP contribution in [-0.2, 0) is 0 Å². The van der Waals surface area contributed by atoms with Crippen LogP contribution in [0.5, 0.6) is 0 Å². The van der Waals surface area contributed by atoms with E-state index in [4.69, 9.17) is 5.26 Å². The molecule has 0 radical (unpaired) electrons. The van der Waals surface area contributed by atoms with Crippen LogP contribution in [0.1, 0.15) is 11.1 Å². The van der Waals surface area contributed by atoms with Crippen molar-refractivity contribution < 1.29 is 0 Å². The van der Waals surface area contributed by atoms with Crippen LogP contribution in [0.15, 0.2) is 133 Å². The monoisotopic (exact) mass is 534 g/mol. The van der Waals surface area contributed by atoms with Crippen molar-refractivity contribution in [1.29, 1.82) is 10.5 Å². The van der Waals surface area contributed by atoms with Crippen LogP contribution in [0.3, 0.4) is 0 Å². The van der Waals surface area contributed by atoms with E-state index in [0.717, 1.165) is 55.3 Å². The lowest BCUT2D eigenvalue weighted by Crippen LogP contribution is -1.96. The molecule has 0 saturated heterocycles. The summed E-state index contributed by atoms with van der Waals surface area (Å²) in [7, 11) is 0. The first-order valence-corrected chi connectivity index (χ1v) is 13.8. The quantitative estimate of drug-likeness (QED) is 0.227. The Balaban J connectivity index is 1.31. The second-order valence-corrected chi connectivity index (χ2v) is 10.5. The van der Waals surface area contributed by atoms with Crippen molar-refractivity contribution >= 4 is 43.6 Å². The minimum absolute atomic E-state index is 0.660. The van der Waals surface area contributed by atoms with Crippen molar-refractivity contribution in [2.45, 2.75) is 0 Å². The fourth-order valence-corrected chi connectivity index (χ4v) is 6.24. The Hall–Kier alpha value is -6.10. The fraction of sp³-hybridized carbons (Fsp3) is 0. The SMILES string of the molecule is N#Cc1ccc(-c2ccc(-n3c4ccccc4c4cc(-n5c6ccccc6c6cc(C#N)ccc65)ccc43)cc2)cc1. The van der Waals surface area contributed by atoms with Gasteiger partial charge >= 0.3 is 0 Å². The predicted molar refractivity (Wildman–Crippen MR) is 170 cm³/mol. The van der Waals surface area contributed by atoms with Gasteiger partial charge in [0, 0.05) is 32.9 Å². The Morgan fingerprint density at radius 2 is 0.833 bits per heavy atom. The van der Waals surface area contributed by atoms with E-state index < -0.39 is 0 Å². The number of para-hydroxylation sites is 2. The van der Waals surface area contributed by atoms with Crippen LogP contribution in [0, 0.1) is 22.7 Å². The Morgan fingerprint density at radius 3 is 1.45 bits per heavy atom. The van der Waals surface area contributed by atoms with Crippen molar-refractivity contribution in [1.82, 2.24) is 9.13 Å². The van der Waals surface area contributed by atoms with Gasteiger partial charge < -0.3 is 9.13 Å². The molecule has 0 N–H and O–H groups in total. The van der Waals surface area contributed by atoms with Gasteiger partial charge in [0.05, 0.1) is 45.3 Å². The molecule has 0 unspecified atom stereocenters. The van der Waals surface area contributed by atoms with Crippen LogP contribution in [0.2, 0.25) is 0 Å². The van der Waals surface area contributed by atoms with Crippen molar-refractivity contribution in [3.63, 3.8) is 0 Å². The minimum Gasteiger partial charge on any atom is -0.309 e. The van der Waals surface area contributed by atoms with Gasteiger partial charge in [0.2, 0.25) is 0 Å². The zero-order valence-corrected chi connectivity index (χ0v) is 22.5. The molecule has 2 heterocycles. The van der Waals surface area contributed by atoms with Gasteiger partial charge in [-0.2, -0.15) is 10.5 Å². The van der Waals surface area contributed by atoms with Gasteiger partial charge in [0.25, 0.3) is 0 Å². The van der Waals surface area contributed by atoms with Crippen molar-refractivity contribution in [3.05, 3.63) is 145 Å². The Kier molecular flexibility index (Phi) is 5.22. The largest absolute Gasteiger partial charge is 0.309 e. The van der Waals surface area contributed by atoms with E-state index >= 15 is 0 Å². The Morgan fingerprint density at radius 1 is 0.381 bits per heavy atom. The smallest absolute Gasteiger partial charge is 0.0991 e. The maximum atomic E-state index is 9.53. The van der Waals surface area contributed by atoms with Gasteiger partial charge in [-0.15, -0.1) is 0 Å². The van der Waals surface area contributed by atoms with Crippen LogP contribution >= 0.6 is 0 Å². The van der Waals surface area contributed by atoms with Gasteiger partial charge in [0.1, 0.15) is 0 Å². The topological polar surface area (TPSA) is 57.4 Å². The number of rotatable bonds is 3. The number of fused-ring (bicyclic) bond motifs is 6. The Bertz CT molecular complexity index is 2410. The van der Waals surface area contributed by atoms with E-state index in [0.29, 0.717) is 11.1 Å². The molecule has 0 spiro atoms. The molecule has 4 nitrogen and oxygen atoms in total. The molecular weight excluding hydrogens is 512 g/mol. The number of aromatic nitrogens is 2. The summed E-state index contributed by atoms with van der Waals surface area (Å²) in [6.45, 7) is 0. The van der Waals surface area contributed by atoms with E-state index in [-0.39, 0.29) is 0 Å². The molecule has 42 heavy (non-hydrogen) atoms. The summed E-state index contributed by atoms with van der Waals surface area (Å²) in [6, 6.07) is 50.3. The zero-order chi connectivity index (χ0) is 28.2. The number of nitrogens with zero attached hydrogens (tertiary/aromatic N) is 4. The molecule has 0 amide bonds. The first-order chi connectivity index (χ1) is 20.7. The van der Waals surface area contributed by atoms with E-state index in [2.05, 4.69) is 118 Å². The third-order valence-corrected chi connectivity index (χ3v) is 8.19. The summed E-state index contributed by atoms with van der Waals surface area (Å²) in [4.78, 5) is 0. The van der Waals surface area contributed by atoms with Gasteiger partial charge in [-0.1, -0.05) is 60.7 Å². The molecule has 8 aromatic rings. The highest BCUT2D eigenvalue weighted by molar-refractivity contribution is 6.12. The zero-order valence-electron chi connectivity index (χ0n) is 22.5. The average molecular weight is 535 g/mol. The highest BCUT2D eigenvalue weighted by Crippen LogP contribution is 2.37. The molecule has 2 aromatic heterocycles. The normalized spacial score (nSPS) is 11.3. The number of hydrogen-bond acceptors (Lipinski definition) is 2. The third kappa shape index (κ3) is 3.53. The molecular formula is C38H22N4. The average Bonchev–Trinajstić information content (AvgIpc) is 3.57. The maximum absolute atomic E-state index is 9.53. The van der Waals surface area contributed by atoms with Crippen molar-refractivity contribution in [2.24, 2.45) is 0 Å². The van der Waals surface area contributed by atoms with Gasteiger partial charge in [0.15, 0.2) is 0 Å². The molecule has 0 fully saturated rings. The predicted octanol–water partition coefficient (Wildman–Crippen LogP) is 9.29. The molecule has 8 rings (SSSR count).